The largest absolute Gasteiger partial charge is 0.488 e. The predicted molar refractivity (Wildman–Crippen MR) is 49.3 cm³/mol. The van der Waals surface area contributed by atoms with Gasteiger partial charge in [-0.25, -0.2) is 22.3 Å². The van der Waals surface area contributed by atoms with Gasteiger partial charge in [-0.15, -0.1) is 0 Å². The van der Waals surface area contributed by atoms with Crippen molar-refractivity contribution in [3.63, 3.8) is 0 Å². The molecule has 0 aliphatic rings. The highest BCUT2D eigenvalue weighted by Gasteiger charge is 2.09. The van der Waals surface area contributed by atoms with Gasteiger partial charge in [0.2, 0.25) is 10.0 Å². The fourth-order valence-corrected chi connectivity index (χ4v) is 1.45. The maximum atomic E-state index is 11.8. The Morgan fingerprint density at radius 3 is 2.60 bits per heavy atom. The van der Waals surface area contributed by atoms with Gasteiger partial charge in [-0.2, -0.15) is 0 Å². The molecule has 2 N–H and O–H groups in total. The molecule has 0 aliphatic carbocycles. The smallest absolute Gasteiger partial charge is 0.272 e. The van der Waals surface area contributed by atoms with Gasteiger partial charge in [-0.1, -0.05) is 6.07 Å². The maximum absolute atomic E-state index is 11.8. The molecule has 0 atom stereocenters. The number of nitrogens with two attached hydrogens (primary N) is 1. The second-order valence-electron chi connectivity index (χ2n) is 2.72. The van der Waals surface area contributed by atoms with Crippen molar-refractivity contribution < 1.29 is 21.9 Å². The lowest BCUT2D eigenvalue weighted by Crippen LogP contribution is -2.12. The van der Waals surface area contributed by atoms with Crippen molar-refractivity contribution >= 4 is 10.0 Å². The van der Waals surface area contributed by atoms with Crippen molar-refractivity contribution in [3.05, 3.63) is 24.3 Å². The van der Waals surface area contributed by atoms with Crippen LogP contribution in [0.3, 0.4) is 0 Å². The number of ether oxygens (including phenoxy) is 1. The zero-order valence-corrected chi connectivity index (χ0v) is 8.38. The Labute approximate surface area is 85.7 Å². The highest BCUT2D eigenvalue weighted by atomic mass is 32.2. The number of rotatable bonds is 4. The van der Waals surface area contributed by atoms with Gasteiger partial charge in [0.05, 0.1) is 4.90 Å². The average Bonchev–Trinajstić information content (AvgIpc) is 2.14. The van der Waals surface area contributed by atoms with Crippen LogP contribution < -0.4 is 9.88 Å². The third-order valence-electron chi connectivity index (χ3n) is 1.51. The molecule has 4 nitrogen and oxygen atoms in total. The van der Waals surface area contributed by atoms with Gasteiger partial charge < -0.3 is 4.74 Å². The van der Waals surface area contributed by atoms with Crippen molar-refractivity contribution in [2.24, 2.45) is 5.14 Å². The Hall–Kier alpha value is -1.21. The molecule has 1 rings (SSSR count). The summed E-state index contributed by atoms with van der Waals surface area (Å²) < 4.78 is 50.0. The summed E-state index contributed by atoms with van der Waals surface area (Å²) >= 11 is 0. The second kappa shape index (κ2) is 4.54. The van der Waals surface area contributed by atoms with Crippen molar-refractivity contribution in [1.82, 2.24) is 0 Å². The lowest BCUT2D eigenvalue weighted by atomic mass is 10.3. The zero-order valence-electron chi connectivity index (χ0n) is 7.56. The van der Waals surface area contributed by atoms with Gasteiger partial charge in [-0.3, -0.25) is 0 Å². The van der Waals surface area contributed by atoms with E-state index >= 15 is 0 Å². The van der Waals surface area contributed by atoms with E-state index in [1.165, 1.54) is 18.2 Å². The highest BCUT2D eigenvalue weighted by Crippen LogP contribution is 2.16. The molecule has 15 heavy (non-hydrogen) atoms. The molecule has 0 heterocycles. The molecule has 1 aromatic rings. The average molecular weight is 237 g/mol. The first-order valence-electron chi connectivity index (χ1n) is 3.93. The van der Waals surface area contributed by atoms with Gasteiger partial charge in [0.25, 0.3) is 6.43 Å². The van der Waals surface area contributed by atoms with Crippen molar-refractivity contribution in [2.75, 3.05) is 6.61 Å². The van der Waals surface area contributed by atoms with Crippen molar-refractivity contribution in [1.29, 1.82) is 0 Å². The van der Waals surface area contributed by atoms with Crippen LogP contribution in [0.4, 0.5) is 8.78 Å². The quantitative estimate of drug-likeness (QED) is 0.848. The molecule has 7 heteroatoms. The summed E-state index contributed by atoms with van der Waals surface area (Å²) in [5.41, 5.74) is 0. The fraction of sp³-hybridized carbons (Fsp3) is 0.250. The minimum Gasteiger partial charge on any atom is -0.488 e. The first kappa shape index (κ1) is 11.9. The van der Waals surface area contributed by atoms with E-state index in [4.69, 9.17) is 5.14 Å². The van der Waals surface area contributed by atoms with E-state index in [0.29, 0.717) is 0 Å². The molecule has 0 amide bonds. The number of primary sulfonamides is 1. The summed E-state index contributed by atoms with van der Waals surface area (Å²) in [6.07, 6.45) is -2.61. The minimum absolute atomic E-state index is 0.0434. The molecule has 0 aromatic heterocycles. The van der Waals surface area contributed by atoms with Crippen LogP contribution in [0.5, 0.6) is 5.75 Å². The number of alkyl halides is 2. The Morgan fingerprint density at radius 2 is 2.07 bits per heavy atom. The van der Waals surface area contributed by atoms with Gasteiger partial charge in [0.15, 0.2) is 0 Å². The maximum Gasteiger partial charge on any atom is 0.272 e. The number of hydrogen-bond donors (Lipinski definition) is 1. The summed E-state index contributed by atoms with van der Waals surface area (Å²) in [4.78, 5) is -0.172. The monoisotopic (exact) mass is 237 g/mol. The number of halogens is 2. The summed E-state index contributed by atoms with van der Waals surface area (Å²) in [6.45, 7) is -0.784. The fourth-order valence-electron chi connectivity index (χ4n) is 0.900. The van der Waals surface area contributed by atoms with Crippen LogP contribution in [0, 0.1) is 0 Å². The number of sulfonamides is 1. The Bertz CT molecular complexity index is 433. The van der Waals surface area contributed by atoms with E-state index in [1.54, 1.807) is 0 Å². The van der Waals surface area contributed by atoms with E-state index in [0.717, 1.165) is 6.07 Å². The van der Waals surface area contributed by atoms with Crippen LogP contribution in [0.1, 0.15) is 0 Å². The normalized spacial score (nSPS) is 11.7. The number of hydrogen-bond acceptors (Lipinski definition) is 3. The van der Waals surface area contributed by atoms with E-state index in [-0.39, 0.29) is 10.6 Å². The lowest BCUT2D eigenvalue weighted by Gasteiger charge is -2.06. The number of benzene rings is 1. The van der Waals surface area contributed by atoms with Crippen LogP contribution in [-0.4, -0.2) is 21.5 Å². The third kappa shape index (κ3) is 3.80. The van der Waals surface area contributed by atoms with E-state index in [9.17, 15) is 17.2 Å². The van der Waals surface area contributed by atoms with Gasteiger partial charge >= 0.3 is 0 Å². The first-order valence-corrected chi connectivity index (χ1v) is 5.48. The van der Waals surface area contributed by atoms with Crippen LogP contribution in [0.2, 0.25) is 0 Å². The van der Waals surface area contributed by atoms with Gasteiger partial charge in [-0.05, 0) is 12.1 Å². The summed E-state index contributed by atoms with van der Waals surface area (Å²) in [5, 5.41) is 4.85. The van der Waals surface area contributed by atoms with Crippen molar-refractivity contribution in [2.45, 2.75) is 11.3 Å². The molecule has 0 radical (unpaired) electrons. The molecule has 0 fully saturated rings. The molecule has 0 saturated carbocycles. The first-order chi connectivity index (χ1) is 6.89. The summed E-state index contributed by atoms with van der Waals surface area (Å²) in [6, 6.07) is 5.08. The molecule has 1 aromatic carbocycles. The topological polar surface area (TPSA) is 69.4 Å². The minimum atomic E-state index is -3.83. The standard InChI is InChI=1S/C8H9F2NO3S/c9-8(10)5-14-6-2-1-3-7(4-6)15(11,12)13/h1-4,8H,5H2,(H2,11,12,13). The Morgan fingerprint density at radius 1 is 1.40 bits per heavy atom. The van der Waals surface area contributed by atoms with Crippen LogP contribution in [-0.2, 0) is 10.0 Å². The second-order valence-corrected chi connectivity index (χ2v) is 4.28. The molecule has 0 bridgehead atoms. The van der Waals surface area contributed by atoms with Gasteiger partial charge in [0, 0.05) is 6.07 Å². The predicted octanol–water partition coefficient (Wildman–Crippen LogP) is 0.978. The molecule has 0 spiro atoms. The van der Waals surface area contributed by atoms with Crippen LogP contribution in [0.25, 0.3) is 0 Å². The third-order valence-corrected chi connectivity index (χ3v) is 2.42. The van der Waals surface area contributed by atoms with Crippen LogP contribution in [0.15, 0.2) is 29.2 Å². The molecule has 0 unspecified atom stereocenters. The van der Waals surface area contributed by atoms with E-state index < -0.39 is 23.1 Å². The highest BCUT2D eigenvalue weighted by molar-refractivity contribution is 7.89. The Balaban J connectivity index is 2.84. The molecule has 0 aliphatic heterocycles. The Kier molecular flexibility index (Phi) is 3.59. The van der Waals surface area contributed by atoms with Crippen LogP contribution >= 0.6 is 0 Å². The van der Waals surface area contributed by atoms with E-state index in [2.05, 4.69) is 4.74 Å². The zero-order chi connectivity index (χ0) is 11.5. The molecule has 0 saturated heterocycles. The molecular weight excluding hydrogens is 228 g/mol. The summed E-state index contributed by atoms with van der Waals surface area (Å²) in [5.74, 6) is 0.0434. The lowest BCUT2D eigenvalue weighted by molar-refractivity contribution is 0.0818. The van der Waals surface area contributed by atoms with E-state index in [1.807, 2.05) is 0 Å². The molecular formula is C8H9F2NO3S. The molecule has 84 valence electrons. The van der Waals surface area contributed by atoms with Gasteiger partial charge in [0.1, 0.15) is 12.4 Å². The van der Waals surface area contributed by atoms with Crippen molar-refractivity contribution in [3.8, 4) is 5.75 Å². The summed E-state index contributed by atoms with van der Waals surface area (Å²) in [7, 11) is -3.83. The SMILES string of the molecule is NS(=O)(=O)c1cccc(OCC(F)F)c1.